The predicted molar refractivity (Wildman–Crippen MR) is 92.6 cm³/mol. The van der Waals surface area contributed by atoms with E-state index in [1.807, 2.05) is 0 Å². The lowest BCUT2D eigenvalue weighted by Gasteiger charge is -2.38. The maximum atomic E-state index is 13.9. The Bertz CT molecular complexity index is 903. The fraction of sp³-hybridized carbons (Fsp3) is 0.125. The molecule has 0 saturated heterocycles. The zero-order valence-electron chi connectivity index (χ0n) is 12.3. The number of alkyl halides is 3. The lowest BCUT2D eigenvalue weighted by Crippen LogP contribution is -2.62. The first kappa shape index (κ1) is 16.5. The number of anilines is 1. The number of amidine groups is 1. The quantitative estimate of drug-likeness (QED) is 0.706. The summed E-state index contributed by atoms with van der Waals surface area (Å²) in [5.74, 6) is 0. The first-order valence-corrected chi connectivity index (χ1v) is 8.74. The molecule has 128 valence electrons. The molecule has 1 atom stereocenters. The summed E-state index contributed by atoms with van der Waals surface area (Å²) in [5.41, 5.74) is -2.43. The minimum absolute atomic E-state index is 0.00183. The Kier molecular flexibility index (Phi) is 3.62. The van der Waals surface area contributed by atoms with Crippen molar-refractivity contribution >= 4 is 44.6 Å². The molecule has 0 radical (unpaired) electrons. The molecule has 0 aromatic heterocycles. The zero-order valence-corrected chi connectivity index (χ0v) is 14.7. The number of rotatable bonds is 1. The number of urea groups is 1. The highest BCUT2D eigenvalue weighted by Crippen LogP contribution is 2.48. The van der Waals surface area contributed by atoms with Crippen LogP contribution < -0.4 is 10.2 Å². The van der Waals surface area contributed by atoms with Crippen molar-refractivity contribution in [1.29, 1.82) is 0 Å². The first-order valence-electron chi connectivity index (χ1n) is 7.14. The molecule has 0 bridgehead atoms. The topological polar surface area (TPSA) is 44.7 Å². The Hall–Kier alpha value is -2.00. The summed E-state index contributed by atoms with van der Waals surface area (Å²) in [7, 11) is 0. The van der Waals surface area contributed by atoms with Gasteiger partial charge in [-0.1, -0.05) is 46.3 Å². The molecule has 0 fully saturated rings. The monoisotopic (exact) mass is 427 g/mol. The van der Waals surface area contributed by atoms with E-state index >= 15 is 0 Å². The number of nitrogens with zero attached hydrogens (tertiary/aromatic N) is 2. The molecule has 1 N–H and O–H groups in total. The van der Waals surface area contributed by atoms with Gasteiger partial charge in [-0.15, -0.1) is 0 Å². The third-order valence-corrected chi connectivity index (χ3v) is 5.41. The van der Waals surface area contributed by atoms with Gasteiger partial charge in [-0.25, -0.2) is 14.7 Å². The van der Waals surface area contributed by atoms with E-state index in [0.717, 1.165) is 16.2 Å². The lowest BCUT2D eigenvalue weighted by molar-refractivity contribution is -0.195. The minimum atomic E-state index is -4.79. The van der Waals surface area contributed by atoms with Crippen LogP contribution in [0.4, 0.5) is 23.7 Å². The second kappa shape index (κ2) is 5.50. The van der Waals surface area contributed by atoms with Crippen LogP contribution in [0.2, 0.25) is 0 Å². The Morgan fingerprint density at radius 3 is 2.56 bits per heavy atom. The molecule has 2 aliphatic heterocycles. The number of thioether (sulfide) groups is 1. The normalized spacial score (nSPS) is 22.2. The van der Waals surface area contributed by atoms with Crippen LogP contribution in [0.25, 0.3) is 0 Å². The molecule has 25 heavy (non-hydrogen) atoms. The number of hydrogen-bond acceptors (Lipinski definition) is 3. The summed E-state index contributed by atoms with van der Waals surface area (Å²) in [6.45, 7) is 0. The van der Waals surface area contributed by atoms with Crippen LogP contribution in [-0.4, -0.2) is 17.4 Å². The summed E-state index contributed by atoms with van der Waals surface area (Å²) in [6, 6.07) is 11.4. The van der Waals surface area contributed by atoms with Gasteiger partial charge in [-0.3, -0.25) is 0 Å². The Balaban J connectivity index is 1.90. The Morgan fingerprint density at radius 2 is 1.88 bits per heavy atom. The average molecular weight is 428 g/mol. The maximum absolute atomic E-state index is 13.9. The van der Waals surface area contributed by atoms with E-state index in [0.29, 0.717) is 10.6 Å². The summed E-state index contributed by atoms with van der Waals surface area (Å²) >= 11 is 4.35. The first-order chi connectivity index (χ1) is 11.8. The van der Waals surface area contributed by atoms with E-state index in [9.17, 15) is 18.0 Å². The summed E-state index contributed by atoms with van der Waals surface area (Å²) < 4.78 is 42.6. The summed E-state index contributed by atoms with van der Waals surface area (Å²) in [5, 5.41) is 2.06. The lowest BCUT2D eigenvalue weighted by atomic mass is 9.98. The summed E-state index contributed by atoms with van der Waals surface area (Å²) in [6.07, 6.45) is -4.79. The molecule has 0 saturated carbocycles. The molecule has 9 heteroatoms. The van der Waals surface area contributed by atoms with Gasteiger partial charge in [-0.2, -0.15) is 13.2 Å². The SMILES string of the molecule is O=C1NC(c2ccccc2)(C(F)(F)F)N=C2Sc3cc(Br)ccc3N12. The van der Waals surface area contributed by atoms with Crippen LogP contribution in [0.15, 0.2) is 62.9 Å². The molecule has 2 amide bonds. The highest BCUT2D eigenvalue weighted by atomic mass is 79.9. The van der Waals surface area contributed by atoms with Crippen LogP contribution >= 0.6 is 27.7 Å². The predicted octanol–water partition coefficient (Wildman–Crippen LogP) is 4.86. The van der Waals surface area contributed by atoms with Gasteiger partial charge in [0.25, 0.3) is 5.66 Å². The number of hydrogen-bond donors (Lipinski definition) is 1. The van der Waals surface area contributed by atoms with Gasteiger partial charge in [0.15, 0.2) is 5.17 Å². The molecule has 0 aliphatic carbocycles. The van der Waals surface area contributed by atoms with Gasteiger partial charge in [0.1, 0.15) is 0 Å². The fourth-order valence-electron chi connectivity index (χ4n) is 2.77. The van der Waals surface area contributed by atoms with Crippen molar-refractivity contribution in [2.75, 3.05) is 4.90 Å². The molecule has 2 heterocycles. The summed E-state index contributed by atoms with van der Waals surface area (Å²) in [4.78, 5) is 18.3. The number of amides is 2. The third-order valence-electron chi connectivity index (χ3n) is 3.91. The largest absolute Gasteiger partial charge is 0.436 e. The van der Waals surface area contributed by atoms with Crippen LogP contribution in [0.5, 0.6) is 0 Å². The van der Waals surface area contributed by atoms with Gasteiger partial charge in [0.05, 0.1) is 5.69 Å². The zero-order chi connectivity index (χ0) is 17.8. The van der Waals surface area contributed by atoms with Gasteiger partial charge in [0.2, 0.25) is 0 Å². The number of carbonyl (C=O) groups excluding carboxylic acids is 1. The van der Waals surface area contributed by atoms with Crippen molar-refractivity contribution in [3.8, 4) is 0 Å². The van der Waals surface area contributed by atoms with E-state index in [1.165, 1.54) is 29.2 Å². The molecular formula is C16H9BrF3N3OS. The van der Waals surface area contributed by atoms with Crippen molar-refractivity contribution in [3.05, 3.63) is 58.6 Å². The molecular weight excluding hydrogens is 419 g/mol. The van der Waals surface area contributed by atoms with E-state index in [4.69, 9.17) is 0 Å². The molecule has 4 nitrogen and oxygen atoms in total. The number of benzene rings is 2. The van der Waals surface area contributed by atoms with Crippen molar-refractivity contribution in [2.24, 2.45) is 4.99 Å². The number of aliphatic imine (C=N–C) groups is 1. The maximum Gasteiger partial charge on any atom is 0.436 e. The van der Waals surface area contributed by atoms with Crippen molar-refractivity contribution in [3.63, 3.8) is 0 Å². The number of halogens is 4. The van der Waals surface area contributed by atoms with Crippen LogP contribution in [0, 0.1) is 0 Å². The second-order valence-electron chi connectivity index (χ2n) is 5.45. The highest BCUT2D eigenvalue weighted by Gasteiger charge is 2.61. The highest BCUT2D eigenvalue weighted by molar-refractivity contribution is 9.10. The van der Waals surface area contributed by atoms with Crippen molar-refractivity contribution in [2.45, 2.75) is 16.7 Å². The molecule has 2 aromatic carbocycles. The second-order valence-corrected chi connectivity index (χ2v) is 7.37. The fourth-order valence-corrected chi connectivity index (χ4v) is 4.38. The van der Waals surface area contributed by atoms with Crippen molar-refractivity contribution in [1.82, 2.24) is 5.32 Å². The van der Waals surface area contributed by atoms with E-state index < -0.39 is 17.9 Å². The Morgan fingerprint density at radius 1 is 1.16 bits per heavy atom. The van der Waals surface area contributed by atoms with Crippen molar-refractivity contribution < 1.29 is 18.0 Å². The van der Waals surface area contributed by atoms with E-state index in [2.05, 4.69) is 26.2 Å². The van der Waals surface area contributed by atoms with Crippen LogP contribution in [0.3, 0.4) is 0 Å². The van der Waals surface area contributed by atoms with Gasteiger partial charge < -0.3 is 5.32 Å². The molecule has 4 rings (SSSR count). The van der Waals surface area contributed by atoms with Crippen LogP contribution in [0.1, 0.15) is 5.56 Å². The smallest absolute Gasteiger partial charge is 0.301 e. The van der Waals surface area contributed by atoms with Gasteiger partial charge >= 0.3 is 12.2 Å². The van der Waals surface area contributed by atoms with Crippen LogP contribution in [-0.2, 0) is 5.66 Å². The van der Waals surface area contributed by atoms with Gasteiger partial charge in [-0.05, 0) is 30.0 Å². The standard InChI is InChI=1S/C16H9BrF3N3OS/c17-10-6-7-11-12(8-10)25-14-22-15(16(18,19)20,21-13(24)23(11)14)9-4-2-1-3-5-9/h1-8H,(H,21,24). The molecule has 2 aromatic rings. The number of carbonyl (C=O) groups is 1. The number of fused-ring (bicyclic) bond motifs is 3. The molecule has 2 aliphatic rings. The Labute approximate surface area is 153 Å². The average Bonchev–Trinajstić information content (AvgIpc) is 2.92. The minimum Gasteiger partial charge on any atom is -0.301 e. The van der Waals surface area contributed by atoms with E-state index in [-0.39, 0.29) is 10.7 Å². The molecule has 1 unspecified atom stereocenters. The van der Waals surface area contributed by atoms with E-state index in [1.54, 1.807) is 24.3 Å². The molecule has 0 spiro atoms. The van der Waals surface area contributed by atoms with Gasteiger partial charge in [0, 0.05) is 14.9 Å². The number of nitrogens with one attached hydrogen (secondary N) is 1. The third kappa shape index (κ3) is 2.44.